The fourth-order valence-corrected chi connectivity index (χ4v) is 2.08. The van der Waals surface area contributed by atoms with Crippen molar-refractivity contribution in [1.82, 2.24) is 9.80 Å². The van der Waals surface area contributed by atoms with E-state index in [0.717, 1.165) is 25.1 Å². The lowest BCUT2D eigenvalue weighted by Gasteiger charge is -2.13. The number of allylic oxidation sites excluding steroid dienone is 1. The predicted molar refractivity (Wildman–Crippen MR) is 201 cm³/mol. The van der Waals surface area contributed by atoms with Crippen molar-refractivity contribution < 1.29 is 48.3 Å². The van der Waals surface area contributed by atoms with Crippen LogP contribution in [-0.4, -0.2) is 118 Å². The van der Waals surface area contributed by atoms with E-state index in [4.69, 9.17) is 5.11 Å². The Morgan fingerprint density at radius 3 is 1.04 bits per heavy atom. The third kappa shape index (κ3) is 136. The van der Waals surface area contributed by atoms with Gasteiger partial charge in [0.05, 0.1) is 38.6 Å². The second-order valence-electron chi connectivity index (χ2n) is 7.29. The van der Waals surface area contributed by atoms with Gasteiger partial charge in [-0.2, -0.15) is 16.8 Å². The van der Waals surface area contributed by atoms with Crippen molar-refractivity contribution in [1.29, 1.82) is 0 Å². The number of carbonyl (C=O) groups excluding carboxylic acids is 2. The van der Waals surface area contributed by atoms with Gasteiger partial charge in [0.1, 0.15) is 6.29 Å². The van der Waals surface area contributed by atoms with E-state index in [2.05, 4.69) is 84.2 Å². The van der Waals surface area contributed by atoms with Gasteiger partial charge in [0, 0.05) is 23.6 Å². The van der Waals surface area contributed by atoms with Crippen molar-refractivity contribution in [3.8, 4) is 0 Å². The second kappa shape index (κ2) is 50.4. The molecule has 0 saturated carbocycles. The third-order valence-corrected chi connectivity index (χ3v) is 4.37. The third-order valence-electron chi connectivity index (χ3n) is 3.24. The summed E-state index contributed by atoms with van der Waals surface area (Å²) in [4.78, 5) is 23.0. The minimum absolute atomic E-state index is 0. The van der Waals surface area contributed by atoms with Crippen LogP contribution in [0.3, 0.4) is 0 Å². The van der Waals surface area contributed by atoms with Crippen LogP contribution in [0.4, 0.5) is 0 Å². The number of halogens is 1. The summed E-state index contributed by atoms with van der Waals surface area (Å²) >= 11 is 0. The lowest BCUT2D eigenvalue weighted by molar-refractivity contribution is -0.115. The standard InChI is InChI=1S/C6H9NO.C6H15N.2C4H8O3S.C4H6O.C3H6O.CH3ClO2S.2CH4/c1-3-5-7(4-2)6-8;1-4-7(5-2)6-3;2*1-3-4-7-8(2,5)6;1-2-3-4-5;1-2-3-4;1-5(2,3)4;;/h3-4,6H,1-2,5H2;4-6H2,1-3H3;2*3H,1,4H2,2H3;2,4H,1,3H2;2,4H,1,3H2;1H3;2*1H4. The van der Waals surface area contributed by atoms with Gasteiger partial charge < -0.3 is 19.7 Å². The Hall–Kier alpha value is -2.44. The monoisotopic (exact) mass is 758 g/mol. The normalized spacial score (nSPS) is 9.04. The van der Waals surface area contributed by atoms with Crippen LogP contribution in [0.1, 0.15) is 42.0 Å². The molecule has 0 aromatic rings. The maximum absolute atomic E-state index is 10.1. The molecule has 13 nitrogen and oxygen atoms in total. The number of carbonyl (C=O) groups is 2. The van der Waals surface area contributed by atoms with Crippen LogP contribution >= 0.6 is 10.7 Å². The zero-order chi connectivity index (χ0) is 37.4. The van der Waals surface area contributed by atoms with E-state index in [9.17, 15) is 34.8 Å². The Morgan fingerprint density at radius 2 is 1.00 bits per heavy atom. The molecule has 0 aromatic carbocycles. The molecule has 0 rings (SSSR count). The number of aliphatic hydroxyl groups is 1. The van der Waals surface area contributed by atoms with Gasteiger partial charge in [0.15, 0.2) is 0 Å². The molecular formula is C30H63ClN2O11S3. The van der Waals surface area contributed by atoms with E-state index in [1.165, 1.54) is 49.0 Å². The van der Waals surface area contributed by atoms with Gasteiger partial charge in [-0.25, -0.2) is 8.42 Å². The zero-order valence-electron chi connectivity index (χ0n) is 27.5. The first-order valence-corrected chi connectivity index (χ1v) is 19.2. The molecular weight excluding hydrogens is 696 g/mol. The van der Waals surface area contributed by atoms with Crippen LogP contribution in [0.2, 0.25) is 0 Å². The SMILES string of the molecule is C.C.C=CCC=O.C=CCN(C=C)C=O.C=CCO.C=CCOS(C)(=O)=O.C=CCOS(C)(=O)=O.CCN(CC)CC.CS(=O)(=O)Cl. The van der Waals surface area contributed by atoms with Crippen molar-refractivity contribution >= 4 is 52.7 Å². The molecule has 0 aliphatic heterocycles. The minimum atomic E-state index is -3.26. The highest BCUT2D eigenvalue weighted by molar-refractivity contribution is 8.13. The van der Waals surface area contributed by atoms with E-state index < -0.39 is 29.3 Å². The average Bonchev–Trinajstić information content (AvgIpc) is 2.95. The van der Waals surface area contributed by atoms with Crippen LogP contribution in [0, 0.1) is 0 Å². The zero-order valence-corrected chi connectivity index (χ0v) is 30.8. The van der Waals surface area contributed by atoms with Gasteiger partial charge in [0.25, 0.3) is 20.2 Å². The Balaban J connectivity index is -0.0000000515. The fraction of sp³-hybridized carbons (Fsp3) is 0.533. The quantitative estimate of drug-likeness (QED) is 0.0984. The molecule has 0 saturated heterocycles. The van der Waals surface area contributed by atoms with E-state index >= 15 is 0 Å². The molecule has 0 bridgehead atoms. The molecule has 0 spiro atoms. The molecule has 1 N–H and O–H groups in total. The Morgan fingerprint density at radius 1 is 0.681 bits per heavy atom. The van der Waals surface area contributed by atoms with Crippen molar-refractivity contribution in [2.45, 2.75) is 42.0 Å². The lowest BCUT2D eigenvalue weighted by Crippen LogP contribution is -2.21. The molecule has 17 heteroatoms. The molecule has 1 amide bonds. The van der Waals surface area contributed by atoms with Crippen LogP contribution in [-0.2, 0) is 47.2 Å². The molecule has 284 valence electrons. The summed E-state index contributed by atoms with van der Waals surface area (Å²) in [5.74, 6) is 0. The maximum atomic E-state index is 10.1. The maximum Gasteiger partial charge on any atom is 0.264 e. The molecule has 0 heterocycles. The average molecular weight is 759 g/mol. The van der Waals surface area contributed by atoms with Gasteiger partial charge >= 0.3 is 0 Å². The van der Waals surface area contributed by atoms with Crippen LogP contribution in [0.5, 0.6) is 0 Å². The van der Waals surface area contributed by atoms with E-state index in [0.29, 0.717) is 19.4 Å². The summed E-state index contributed by atoms with van der Waals surface area (Å²) in [7, 11) is -5.21. The smallest absolute Gasteiger partial charge is 0.264 e. The van der Waals surface area contributed by atoms with Crippen LogP contribution < -0.4 is 0 Å². The molecule has 0 fully saturated rings. The summed E-state index contributed by atoms with van der Waals surface area (Å²) in [5.41, 5.74) is 0. The number of rotatable bonds is 16. The summed E-state index contributed by atoms with van der Waals surface area (Å²) in [5, 5.41) is 7.76. The van der Waals surface area contributed by atoms with Crippen LogP contribution in [0.15, 0.2) is 76.1 Å². The molecule has 0 unspecified atom stereocenters. The minimum Gasteiger partial charge on any atom is -0.392 e. The Kier molecular flexibility index (Phi) is 71.7. The van der Waals surface area contributed by atoms with Crippen molar-refractivity contribution in [3.05, 3.63) is 76.1 Å². The molecule has 0 aliphatic carbocycles. The first-order chi connectivity index (χ1) is 20.6. The number of amides is 1. The molecule has 0 aromatic heterocycles. The predicted octanol–water partition coefficient (Wildman–Crippen LogP) is 4.80. The topological polar surface area (TPSA) is 182 Å². The first-order valence-electron chi connectivity index (χ1n) is 12.9. The van der Waals surface area contributed by atoms with Gasteiger partial charge in [0.2, 0.25) is 15.5 Å². The summed E-state index contributed by atoms with van der Waals surface area (Å²) in [6, 6.07) is 0. The largest absolute Gasteiger partial charge is 0.392 e. The number of hydrogen-bond donors (Lipinski definition) is 1. The van der Waals surface area contributed by atoms with Gasteiger partial charge in [-0.15, -0.1) is 32.9 Å². The molecule has 0 atom stereocenters. The summed E-state index contributed by atoms with van der Waals surface area (Å²) in [6.45, 7) is 30.8. The Labute approximate surface area is 292 Å². The van der Waals surface area contributed by atoms with E-state index in [-0.39, 0.29) is 34.7 Å². The molecule has 47 heavy (non-hydrogen) atoms. The van der Waals surface area contributed by atoms with Crippen LogP contribution in [0.25, 0.3) is 0 Å². The first kappa shape index (κ1) is 66.9. The van der Waals surface area contributed by atoms with E-state index in [1.54, 1.807) is 12.2 Å². The van der Waals surface area contributed by atoms with Gasteiger partial charge in [-0.1, -0.05) is 72.6 Å². The second-order valence-corrected chi connectivity index (χ2v) is 13.6. The molecule has 0 radical (unpaired) electrons. The number of aldehydes is 1. The summed E-state index contributed by atoms with van der Waals surface area (Å²) in [6.07, 6.45) is 13.7. The van der Waals surface area contributed by atoms with Gasteiger partial charge in [-0.3, -0.25) is 13.2 Å². The van der Waals surface area contributed by atoms with Crippen molar-refractivity contribution in [3.63, 3.8) is 0 Å². The highest BCUT2D eigenvalue weighted by Crippen LogP contribution is 1.85. The fourth-order valence-electron chi connectivity index (χ4n) is 1.39. The number of aliphatic hydroxyl groups excluding tert-OH is 1. The lowest BCUT2D eigenvalue weighted by atomic mass is 10.5. The highest BCUT2D eigenvalue weighted by Gasteiger charge is 1.96. The van der Waals surface area contributed by atoms with Crippen molar-refractivity contribution in [2.24, 2.45) is 0 Å². The number of nitrogens with zero attached hydrogens (tertiary/aromatic N) is 2. The van der Waals surface area contributed by atoms with Gasteiger partial charge in [-0.05, 0) is 25.8 Å². The Bertz CT molecular complexity index is 993. The molecule has 0 aliphatic rings. The highest BCUT2D eigenvalue weighted by atomic mass is 35.7. The van der Waals surface area contributed by atoms with E-state index in [1.807, 2.05) is 0 Å². The summed E-state index contributed by atoms with van der Waals surface area (Å²) < 4.78 is 67.7. The van der Waals surface area contributed by atoms with Crippen molar-refractivity contribution in [2.75, 3.05) is 64.8 Å². The number of hydrogen-bond acceptors (Lipinski definition) is 12.